The molecule has 0 saturated heterocycles. The normalized spacial score (nSPS) is 12.2. The first-order valence-electron chi connectivity index (χ1n) is 6.78. The van der Waals surface area contributed by atoms with Crippen molar-refractivity contribution in [2.24, 2.45) is 5.73 Å². The van der Waals surface area contributed by atoms with E-state index >= 15 is 0 Å². The van der Waals surface area contributed by atoms with Crippen LogP contribution in [0.2, 0.25) is 0 Å². The molecule has 2 aromatic rings. The molecule has 0 saturated carbocycles. The Morgan fingerprint density at radius 2 is 2.05 bits per heavy atom. The second kappa shape index (κ2) is 6.34. The van der Waals surface area contributed by atoms with Crippen molar-refractivity contribution in [3.05, 3.63) is 57.6 Å². The number of aromatic nitrogens is 2. The fraction of sp³-hybridized carbons (Fsp3) is 0.333. The van der Waals surface area contributed by atoms with Gasteiger partial charge in [0.25, 0.3) is 5.56 Å². The standard InChI is InChI=1S/C15H20N4O/c1-3-13-18-14(8-15(20)19-13)17-10(2)12-6-4-11(9-16)5-7-12/h4-8,10H,3,9,16H2,1-2H3,(H2,17,18,19,20). The Morgan fingerprint density at radius 3 is 2.65 bits per heavy atom. The van der Waals surface area contributed by atoms with E-state index in [4.69, 9.17) is 5.73 Å². The third-order valence-corrected chi connectivity index (χ3v) is 3.21. The number of hydrogen-bond donors (Lipinski definition) is 3. The monoisotopic (exact) mass is 272 g/mol. The van der Waals surface area contributed by atoms with Gasteiger partial charge in [-0.2, -0.15) is 0 Å². The molecule has 4 N–H and O–H groups in total. The van der Waals surface area contributed by atoms with Crippen LogP contribution in [0.5, 0.6) is 0 Å². The predicted molar refractivity (Wildman–Crippen MR) is 80.6 cm³/mol. The molecular weight excluding hydrogens is 252 g/mol. The molecule has 106 valence electrons. The number of H-pyrrole nitrogens is 1. The van der Waals surface area contributed by atoms with Gasteiger partial charge in [-0.1, -0.05) is 31.2 Å². The van der Waals surface area contributed by atoms with Crippen LogP contribution in [-0.2, 0) is 13.0 Å². The van der Waals surface area contributed by atoms with Gasteiger partial charge in [-0.3, -0.25) is 4.79 Å². The summed E-state index contributed by atoms with van der Waals surface area (Å²) >= 11 is 0. The van der Waals surface area contributed by atoms with Crippen LogP contribution in [0.25, 0.3) is 0 Å². The largest absolute Gasteiger partial charge is 0.363 e. The first-order valence-corrected chi connectivity index (χ1v) is 6.78. The fourth-order valence-corrected chi connectivity index (χ4v) is 2.00. The summed E-state index contributed by atoms with van der Waals surface area (Å²) in [6.07, 6.45) is 0.699. The van der Waals surface area contributed by atoms with Gasteiger partial charge in [-0.05, 0) is 18.1 Å². The van der Waals surface area contributed by atoms with E-state index in [1.807, 2.05) is 38.1 Å². The maximum absolute atomic E-state index is 11.5. The van der Waals surface area contributed by atoms with E-state index in [9.17, 15) is 4.79 Å². The SMILES string of the molecule is CCc1nc(NC(C)c2ccc(CN)cc2)cc(=O)[nH]1. The molecule has 0 fully saturated rings. The van der Waals surface area contributed by atoms with Crippen LogP contribution in [0.3, 0.4) is 0 Å². The summed E-state index contributed by atoms with van der Waals surface area (Å²) in [5, 5.41) is 3.25. The average Bonchev–Trinajstić information content (AvgIpc) is 2.46. The summed E-state index contributed by atoms with van der Waals surface area (Å²) in [4.78, 5) is 18.6. The molecule has 0 aliphatic heterocycles. The molecule has 5 nitrogen and oxygen atoms in total. The number of aromatic amines is 1. The van der Waals surface area contributed by atoms with Gasteiger partial charge in [0.05, 0.1) is 0 Å². The van der Waals surface area contributed by atoms with Crippen molar-refractivity contribution in [2.75, 3.05) is 5.32 Å². The van der Waals surface area contributed by atoms with Gasteiger partial charge in [0.2, 0.25) is 0 Å². The third kappa shape index (κ3) is 3.45. The lowest BCUT2D eigenvalue weighted by Gasteiger charge is -2.15. The van der Waals surface area contributed by atoms with Gasteiger partial charge in [0.1, 0.15) is 11.6 Å². The van der Waals surface area contributed by atoms with Crippen LogP contribution in [0.1, 0.15) is 36.8 Å². The summed E-state index contributed by atoms with van der Waals surface area (Å²) in [5.41, 5.74) is 7.68. The number of benzene rings is 1. The van der Waals surface area contributed by atoms with Gasteiger partial charge in [0.15, 0.2) is 0 Å². The summed E-state index contributed by atoms with van der Waals surface area (Å²) < 4.78 is 0. The van der Waals surface area contributed by atoms with Crippen molar-refractivity contribution in [1.82, 2.24) is 9.97 Å². The highest BCUT2D eigenvalue weighted by atomic mass is 16.1. The lowest BCUT2D eigenvalue weighted by molar-refractivity contribution is 0.850. The second-order valence-corrected chi connectivity index (χ2v) is 4.74. The van der Waals surface area contributed by atoms with Gasteiger partial charge in [-0.25, -0.2) is 4.98 Å². The summed E-state index contributed by atoms with van der Waals surface area (Å²) in [6, 6.07) is 9.64. The summed E-state index contributed by atoms with van der Waals surface area (Å²) in [6.45, 7) is 4.53. The fourth-order valence-electron chi connectivity index (χ4n) is 2.00. The Balaban J connectivity index is 2.15. The van der Waals surface area contributed by atoms with Crippen molar-refractivity contribution in [2.45, 2.75) is 32.9 Å². The maximum Gasteiger partial charge on any atom is 0.252 e. The van der Waals surface area contributed by atoms with Crippen molar-refractivity contribution in [1.29, 1.82) is 0 Å². The van der Waals surface area contributed by atoms with E-state index in [0.717, 1.165) is 11.1 Å². The molecule has 1 heterocycles. The molecular formula is C15H20N4O. The highest BCUT2D eigenvalue weighted by Gasteiger charge is 2.07. The molecule has 0 radical (unpaired) electrons. The first kappa shape index (κ1) is 14.3. The van der Waals surface area contributed by atoms with Crippen molar-refractivity contribution in [3.8, 4) is 0 Å². The number of rotatable bonds is 5. The summed E-state index contributed by atoms with van der Waals surface area (Å²) in [5.74, 6) is 1.28. The molecule has 5 heteroatoms. The molecule has 0 aliphatic carbocycles. The third-order valence-electron chi connectivity index (χ3n) is 3.21. The smallest absolute Gasteiger partial charge is 0.252 e. The van der Waals surface area contributed by atoms with Crippen LogP contribution >= 0.6 is 0 Å². The van der Waals surface area contributed by atoms with Gasteiger partial charge < -0.3 is 16.0 Å². The quantitative estimate of drug-likeness (QED) is 0.777. The van der Waals surface area contributed by atoms with Gasteiger partial charge >= 0.3 is 0 Å². The first-order chi connectivity index (χ1) is 9.62. The number of nitrogens with zero attached hydrogens (tertiary/aromatic N) is 1. The lowest BCUT2D eigenvalue weighted by atomic mass is 10.1. The zero-order chi connectivity index (χ0) is 14.5. The molecule has 0 spiro atoms. The Morgan fingerprint density at radius 1 is 1.35 bits per heavy atom. The topological polar surface area (TPSA) is 83.8 Å². The van der Waals surface area contributed by atoms with Gasteiger partial charge in [-0.15, -0.1) is 0 Å². The summed E-state index contributed by atoms with van der Waals surface area (Å²) in [7, 11) is 0. The minimum Gasteiger partial charge on any atom is -0.363 e. The van der Waals surface area contributed by atoms with E-state index in [2.05, 4.69) is 15.3 Å². The van der Waals surface area contributed by atoms with E-state index in [0.29, 0.717) is 24.6 Å². The molecule has 1 aromatic carbocycles. The average molecular weight is 272 g/mol. The Bertz CT molecular complexity index is 619. The van der Waals surface area contributed by atoms with Crippen LogP contribution in [0, 0.1) is 0 Å². The molecule has 0 bridgehead atoms. The van der Waals surface area contributed by atoms with Crippen molar-refractivity contribution < 1.29 is 0 Å². The zero-order valence-electron chi connectivity index (χ0n) is 11.8. The van der Waals surface area contributed by atoms with E-state index in [-0.39, 0.29) is 11.6 Å². The minimum atomic E-state index is -0.134. The molecule has 1 unspecified atom stereocenters. The number of hydrogen-bond acceptors (Lipinski definition) is 4. The van der Waals surface area contributed by atoms with E-state index < -0.39 is 0 Å². The van der Waals surface area contributed by atoms with Crippen LogP contribution in [-0.4, -0.2) is 9.97 Å². The zero-order valence-corrected chi connectivity index (χ0v) is 11.8. The molecule has 1 atom stereocenters. The predicted octanol–water partition coefficient (Wildman–Crippen LogP) is 1.96. The highest BCUT2D eigenvalue weighted by Crippen LogP contribution is 2.17. The molecule has 0 aliphatic rings. The number of nitrogens with one attached hydrogen (secondary N) is 2. The molecule has 2 rings (SSSR count). The van der Waals surface area contributed by atoms with Crippen LogP contribution in [0.4, 0.5) is 5.82 Å². The number of anilines is 1. The minimum absolute atomic E-state index is 0.0702. The van der Waals surface area contributed by atoms with Crippen molar-refractivity contribution >= 4 is 5.82 Å². The van der Waals surface area contributed by atoms with E-state index in [1.165, 1.54) is 6.07 Å². The molecule has 20 heavy (non-hydrogen) atoms. The van der Waals surface area contributed by atoms with Crippen LogP contribution in [0.15, 0.2) is 35.1 Å². The molecule has 0 amide bonds. The molecule has 1 aromatic heterocycles. The Kier molecular flexibility index (Phi) is 4.53. The van der Waals surface area contributed by atoms with Crippen LogP contribution < -0.4 is 16.6 Å². The van der Waals surface area contributed by atoms with Crippen molar-refractivity contribution in [3.63, 3.8) is 0 Å². The second-order valence-electron chi connectivity index (χ2n) is 4.74. The Labute approximate surface area is 118 Å². The van der Waals surface area contributed by atoms with E-state index in [1.54, 1.807) is 0 Å². The van der Waals surface area contributed by atoms with Gasteiger partial charge in [0, 0.05) is 25.1 Å². The lowest BCUT2D eigenvalue weighted by Crippen LogP contribution is -2.15. The maximum atomic E-state index is 11.5. The highest BCUT2D eigenvalue weighted by molar-refractivity contribution is 5.38. The number of nitrogens with two attached hydrogens (primary N) is 1. The Hall–Kier alpha value is -2.14. The number of aryl methyl sites for hydroxylation is 1.